The second kappa shape index (κ2) is 10.6. The van der Waals surface area contributed by atoms with Crippen molar-refractivity contribution >= 4 is 18.7 Å². The first-order chi connectivity index (χ1) is 20.3. The monoisotopic (exact) mass is 584 g/mol. The van der Waals surface area contributed by atoms with E-state index in [1.165, 1.54) is 42.5 Å². The SMILES string of the molecule is CC(C)(C)[Si](Oc1cccc(C2(OCCCO)OOC23C2CC4CC(C2)CC3C4)c1)(c1ccccc1)c1ccccc1. The molecule has 1 atom stereocenters. The highest BCUT2D eigenvalue weighted by Crippen LogP contribution is 2.69. The van der Waals surface area contributed by atoms with Crippen LogP contribution in [-0.4, -0.2) is 32.2 Å². The third-order valence-corrected chi connectivity index (χ3v) is 15.6. The van der Waals surface area contributed by atoms with Crippen LogP contribution < -0.4 is 14.8 Å². The molecule has 1 heterocycles. The number of rotatable bonds is 9. The van der Waals surface area contributed by atoms with Gasteiger partial charge in [-0.05, 0) is 89.7 Å². The minimum Gasteiger partial charge on any atom is -0.534 e. The normalized spacial score (nSPS) is 31.7. The van der Waals surface area contributed by atoms with Gasteiger partial charge in [0.1, 0.15) is 5.75 Å². The summed E-state index contributed by atoms with van der Waals surface area (Å²) in [6.07, 6.45) is 6.64. The fraction of sp³-hybridized carbons (Fsp3) is 0.500. The van der Waals surface area contributed by atoms with Gasteiger partial charge in [-0.3, -0.25) is 0 Å². The van der Waals surface area contributed by atoms with E-state index in [0.29, 0.717) is 24.9 Å². The van der Waals surface area contributed by atoms with Crippen LogP contribution in [0.5, 0.6) is 5.75 Å². The van der Waals surface area contributed by atoms with Gasteiger partial charge in [-0.15, -0.1) is 0 Å². The fourth-order valence-electron chi connectivity index (χ4n) is 9.14. The van der Waals surface area contributed by atoms with Crippen molar-refractivity contribution in [3.05, 3.63) is 90.5 Å². The molecule has 4 aliphatic carbocycles. The van der Waals surface area contributed by atoms with E-state index in [4.69, 9.17) is 18.9 Å². The van der Waals surface area contributed by atoms with Crippen LogP contribution in [0, 0.1) is 23.7 Å². The van der Waals surface area contributed by atoms with Gasteiger partial charge in [-0.25, -0.2) is 4.89 Å². The number of aliphatic hydroxyl groups excluding tert-OH is 1. The van der Waals surface area contributed by atoms with E-state index in [2.05, 4.69) is 106 Å². The number of hydrogen-bond acceptors (Lipinski definition) is 5. The minimum absolute atomic E-state index is 0.0813. The summed E-state index contributed by atoms with van der Waals surface area (Å²) in [4.78, 5) is 12.5. The largest absolute Gasteiger partial charge is 0.534 e. The molecule has 1 saturated heterocycles. The van der Waals surface area contributed by atoms with Crippen molar-refractivity contribution in [2.75, 3.05) is 13.2 Å². The van der Waals surface area contributed by atoms with E-state index in [-0.39, 0.29) is 11.6 Å². The zero-order valence-corrected chi connectivity index (χ0v) is 26.1. The van der Waals surface area contributed by atoms with Gasteiger partial charge in [0.15, 0.2) is 5.60 Å². The number of ether oxygens (including phenoxy) is 1. The molecule has 0 amide bonds. The molecule has 5 fully saturated rings. The van der Waals surface area contributed by atoms with E-state index in [1.807, 2.05) is 0 Å². The van der Waals surface area contributed by atoms with Crippen LogP contribution in [0.25, 0.3) is 0 Å². The highest BCUT2D eigenvalue weighted by molar-refractivity contribution is 7.00. The summed E-state index contributed by atoms with van der Waals surface area (Å²) in [5.74, 6) is 2.23. The van der Waals surface area contributed by atoms with Gasteiger partial charge < -0.3 is 14.3 Å². The van der Waals surface area contributed by atoms with Crippen LogP contribution >= 0.6 is 0 Å². The molecular formula is C36H44O5Si. The van der Waals surface area contributed by atoms with Crippen molar-refractivity contribution < 1.29 is 24.0 Å². The Labute approximate surface area is 251 Å². The predicted octanol–water partition coefficient (Wildman–Crippen LogP) is 6.33. The number of hydrogen-bond donors (Lipinski definition) is 1. The molecule has 222 valence electrons. The van der Waals surface area contributed by atoms with Crippen LogP contribution in [0.2, 0.25) is 5.04 Å². The molecule has 3 aromatic carbocycles. The first-order valence-electron chi connectivity index (χ1n) is 15.8. The van der Waals surface area contributed by atoms with Crippen molar-refractivity contribution in [2.24, 2.45) is 23.7 Å². The van der Waals surface area contributed by atoms with E-state index in [1.54, 1.807) is 0 Å². The summed E-state index contributed by atoms with van der Waals surface area (Å²) in [7, 11) is -2.82. The van der Waals surface area contributed by atoms with Crippen LogP contribution in [-0.2, 0) is 20.3 Å². The molecule has 1 spiro atoms. The van der Waals surface area contributed by atoms with Crippen molar-refractivity contribution in [1.29, 1.82) is 0 Å². The third kappa shape index (κ3) is 4.17. The summed E-state index contributed by atoms with van der Waals surface area (Å²) >= 11 is 0. The second-order valence-electron chi connectivity index (χ2n) is 14.1. The molecule has 8 rings (SSSR count). The van der Waals surface area contributed by atoms with Gasteiger partial charge in [0.05, 0.1) is 6.61 Å². The van der Waals surface area contributed by atoms with E-state index in [0.717, 1.165) is 23.1 Å². The molecule has 4 bridgehead atoms. The molecule has 3 aromatic rings. The molecule has 1 N–H and O–H groups in total. The van der Waals surface area contributed by atoms with Crippen LogP contribution in [0.1, 0.15) is 64.9 Å². The number of aliphatic hydroxyl groups is 1. The smallest absolute Gasteiger partial charge is 0.319 e. The van der Waals surface area contributed by atoms with Crippen molar-refractivity contribution in [3.63, 3.8) is 0 Å². The summed E-state index contributed by atoms with van der Waals surface area (Å²) in [6.45, 7) is 7.39. The predicted molar refractivity (Wildman–Crippen MR) is 166 cm³/mol. The maximum absolute atomic E-state index is 9.62. The Hall–Kier alpha value is -2.48. The highest BCUT2D eigenvalue weighted by Gasteiger charge is 2.76. The Morgan fingerprint density at radius 1 is 0.786 bits per heavy atom. The van der Waals surface area contributed by atoms with E-state index >= 15 is 0 Å². The first kappa shape index (κ1) is 28.3. The summed E-state index contributed by atoms with van der Waals surface area (Å²) in [5, 5.41) is 12.0. The lowest BCUT2D eigenvalue weighted by atomic mass is 9.47. The average molecular weight is 585 g/mol. The lowest BCUT2D eigenvalue weighted by Crippen LogP contribution is -2.76. The molecule has 42 heavy (non-hydrogen) atoms. The molecule has 5 aliphatic rings. The lowest BCUT2D eigenvalue weighted by molar-refractivity contribution is -0.648. The Kier molecular flexibility index (Phi) is 7.14. The minimum atomic E-state index is -2.82. The van der Waals surface area contributed by atoms with Crippen molar-refractivity contribution in [2.45, 2.75) is 75.7 Å². The van der Waals surface area contributed by atoms with Gasteiger partial charge in [-0.1, -0.05) is 93.6 Å². The molecule has 1 aliphatic heterocycles. The van der Waals surface area contributed by atoms with Gasteiger partial charge in [-0.2, -0.15) is 4.89 Å². The Morgan fingerprint density at radius 3 is 1.88 bits per heavy atom. The maximum Gasteiger partial charge on any atom is 0.319 e. The standard InChI is InChI=1S/C36H44O5Si/c1-34(2,3)42(32-14-6-4-7-15-32,33-16-8-5-9-17-33)39-31-13-10-12-28(25-31)36(38-19-11-18-37)35(40-41-36)29-21-26-20-27(23-29)24-30(35)22-26/h4-10,12-17,25-27,29-30,37H,11,18-24H2,1-3H3. The Balaban J connectivity index is 1.33. The average Bonchev–Trinajstić information content (AvgIpc) is 2.98. The first-order valence-corrected chi connectivity index (χ1v) is 17.8. The quantitative estimate of drug-likeness (QED) is 0.181. The topological polar surface area (TPSA) is 57.2 Å². The van der Waals surface area contributed by atoms with E-state index in [9.17, 15) is 5.11 Å². The Morgan fingerprint density at radius 2 is 1.38 bits per heavy atom. The molecule has 5 nitrogen and oxygen atoms in total. The van der Waals surface area contributed by atoms with Gasteiger partial charge in [0.2, 0.25) is 0 Å². The zero-order valence-electron chi connectivity index (χ0n) is 25.1. The molecular weight excluding hydrogens is 540 g/mol. The van der Waals surface area contributed by atoms with Gasteiger partial charge in [0.25, 0.3) is 5.79 Å². The van der Waals surface area contributed by atoms with Gasteiger partial charge in [0, 0.05) is 12.2 Å². The molecule has 1 unspecified atom stereocenters. The highest BCUT2D eigenvalue weighted by atomic mass is 28.4. The molecule has 6 heteroatoms. The van der Waals surface area contributed by atoms with E-state index < -0.39 is 19.7 Å². The van der Waals surface area contributed by atoms with Crippen LogP contribution in [0.15, 0.2) is 84.9 Å². The summed E-state index contributed by atoms with van der Waals surface area (Å²) in [5.41, 5.74) is 0.459. The molecule has 0 aromatic heterocycles. The van der Waals surface area contributed by atoms with Crippen molar-refractivity contribution in [1.82, 2.24) is 0 Å². The Bertz CT molecular complexity index is 1320. The fourth-order valence-corrected chi connectivity index (χ4v) is 13.5. The maximum atomic E-state index is 9.62. The summed E-state index contributed by atoms with van der Waals surface area (Å²) in [6, 6.07) is 29.9. The number of benzene rings is 3. The van der Waals surface area contributed by atoms with Crippen LogP contribution in [0.3, 0.4) is 0 Å². The second-order valence-corrected chi connectivity index (χ2v) is 18.3. The van der Waals surface area contributed by atoms with Gasteiger partial charge >= 0.3 is 8.32 Å². The third-order valence-electron chi connectivity index (χ3n) is 10.7. The molecule has 4 saturated carbocycles. The summed E-state index contributed by atoms with van der Waals surface area (Å²) < 4.78 is 14.2. The lowest BCUT2D eigenvalue weighted by Gasteiger charge is -2.69. The zero-order chi connectivity index (χ0) is 29.0. The molecule has 0 radical (unpaired) electrons. The van der Waals surface area contributed by atoms with Crippen molar-refractivity contribution in [3.8, 4) is 5.75 Å². The van der Waals surface area contributed by atoms with Crippen LogP contribution in [0.4, 0.5) is 0 Å².